The largest absolute Gasteiger partial charge is 0.618 e. The van der Waals surface area contributed by atoms with Gasteiger partial charge in [0, 0.05) is 18.3 Å². The fourth-order valence-corrected chi connectivity index (χ4v) is 2.33. The highest BCUT2D eigenvalue weighted by molar-refractivity contribution is 5.91. The van der Waals surface area contributed by atoms with Gasteiger partial charge in [0.15, 0.2) is 6.20 Å². The lowest BCUT2D eigenvalue weighted by Crippen LogP contribution is -2.40. The number of hydrogen-bond acceptors (Lipinski definition) is 3. The average Bonchev–Trinajstić information content (AvgIpc) is 2.61. The molecular formula is C18H15N3O2. The molecule has 2 aromatic heterocycles. The van der Waals surface area contributed by atoms with Crippen LogP contribution in [0.4, 0.5) is 0 Å². The minimum absolute atomic E-state index is 0.0457. The monoisotopic (exact) mass is 305 g/mol. The van der Waals surface area contributed by atoms with Crippen molar-refractivity contribution in [1.29, 1.82) is 0 Å². The maximum absolute atomic E-state index is 12.5. The topological polar surface area (TPSA) is 68.9 Å². The molecule has 0 bridgehead atoms. The van der Waals surface area contributed by atoms with E-state index in [0.29, 0.717) is 10.4 Å². The Morgan fingerprint density at radius 3 is 2.43 bits per heavy atom. The first-order valence-corrected chi connectivity index (χ1v) is 7.20. The van der Waals surface area contributed by atoms with Gasteiger partial charge < -0.3 is 10.5 Å². The number of nitrogens with zero attached hydrogens (tertiary/aromatic N) is 2. The van der Waals surface area contributed by atoms with E-state index < -0.39 is 11.9 Å². The summed E-state index contributed by atoms with van der Waals surface area (Å²) in [7, 11) is 0. The van der Waals surface area contributed by atoms with Crippen molar-refractivity contribution < 1.29 is 9.52 Å². The molecule has 114 valence electrons. The van der Waals surface area contributed by atoms with Crippen LogP contribution in [0.3, 0.4) is 0 Å². The molecule has 0 saturated heterocycles. The van der Waals surface area contributed by atoms with Gasteiger partial charge >= 0.3 is 5.91 Å². The predicted octanol–water partition coefficient (Wildman–Crippen LogP) is 2.23. The minimum atomic E-state index is -0.444. The van der Waals surface area contributed by atoms with Crippen LogP contribution in [-0.2, 0) is 0 Å². The van der Waals surface area contributed by atoms with Crippen molar-refractivity contribution in [2.45, 2.75) is 6.04 Å². The van der Waals surface area contributed by atoms with Gasteiger partial charge in [0.25, 0.3) is 5.69 Å². The molecule has 23 heavy (non-hydrogen) atoms. The van der Waals surface area contributed by atoms with E-state index in [9.17, 15) is 10.0 Å². The van der Waals surface area contributed by atoms with E-state index >= 15 is 0 Å². The molecule has 1 aromatic carbocycles. The third-order valence-electron chi connectivity index (χ3n) is 3.45. The zero-order valence-corrected chi connectivity index (χ0v) is 12.3. The van der Waals surface area contributed by atoms with Crippen molar-refractivity contribution >= 4 is 5.91 Å². The summed E-state index contributed by atoms with van der Waals surface area (Å²) >= 11 is 0. The van der Waals surface area contributed by atoms with Crippen LogP contribution in [0.1, 0.15) is 27.8 Å². The molecule has 0 aliphatic rings. The second-order valence-electron chi connectivity index (χ2n) is 4.98. The summed E-state index contributed by atoms with van der Waals surface area (Å²) in [5.41, 5.74) is 1.65. The van der Waals surface area contributed by atoms with Crippen LogP contribution in [0.15, 0.2) is 79.1 Å². The highest BCUT2D eigenvalue weighted by Gasteiger charge is 2.22. The normalized spacial score (nSPS) is 11.7. The first kappa shape index (κ1) is 14.7. The van der Waals surface area contributed by atoms with Crippen molar-refractivity contribution in [1.82, 2.24) is 10.3 Å². The zero-order valence-electron chi connectivity index (χ0n) is 12.3. The average molecular weight is 305 g/mol. The van der Waals surface area contributed by atoms with Crippen LogP contribution >= 0.6 is 0 Å². The standard InChI is InChI=1S/C18H15N3O2/c22-18(16-11-5-7-13-21(16)23)20-17(14-8-2-1-3-9-14)15-10-4-6-12-19-15/h1-13,17H,(H,20,22)/t17-/m1/s1. The Morgan fingerprint density at radius 2 is 1.74 bits per heavy atom. The summed E-state index contributed by atoms with van der Waals surface area (Å²) < 4.78 is 0.551. The quantitative estimate of drug-likeness (QED) is 0.593. The molecule has 0 aliphatic carbocycles. The van der Waals surface area contributed by atoms with E-state index in [-0.39, 0.29) is 5.69 Å². The molecule has 0 aliphatic heterocycles. The van der Waals surface area contributed by atoms with Crippen LogP contribution in [0, 0.1) is 5.21 Å². The lowest BCUT2D eigenvalue weighted by atomic mass is 10.0. The maximum atomic E-state index is 12.5. The van der Waals surface area contributed by atoms with Crippen LogP contribution in [-0.4, -0.2) is 10.9 Å². The Hall–Kier alpha value is -3.21. The number of pyridine rings is 2. The Labute approximate surface area is 133 Å². The van der Waals surface area contributed by atoms with Crippen LogP contribution in [0.2, 0.25) is 0 Å². The van der Waals surface area contributed by atoms with Crippen molar-refractivity contribution in [3.05, 3.63) is 101 Å². The van der Waals surface area contributed by atoms with E-state index in [1.165, 1.54) is 12.3 Å². The second kappa shape index (κ2) is 6.70. The first-order chi connectivity index (χ1) is 11.3. The Morgan fingerprint density at radius 1 is 1.00 bits per heavy atom. The first-order valence-electron chi connectivity index (χ1n) is 7.20. The fourth-order valence-electron chi connectivity index (χ4n) is 2.33. The van der Waals surface area contributed by atoms with Gasteiger partial charge in [-0.05, 0) is 23.8 Å². The number of carbonyl (C=O) groups is 1. The molecule has 0 unspecified atom stereocenters. The Balaban J connectivity index is 1.94. The van der Waals surface area contributed by atoms with Gasteiger partial charge in [0.2, 0.25) is 0 Å². The van der Waals surface area contributed by atoms with Gasteiger partial charge in [-0.2, -0.15) is 4.73 Å². The maximum Gasteiger partial charge on any atom is 0.318 e. The molecule has 5 nitrogen and oxygen atoms in total. The van der Waals surface area contributed by atoms with Gasteiger partial charge in [0.1, 0.15) is 0 Å². The molecule has 0 spiro atoms. The highest BCUT2D eigenvalue weighted by atomic mass is 16.5. The van der Waals surface area contributed by atoms with E-state index in [4.69, 9.17) is 0 Å². The molecule has 0 fully saturated rings. The molecule has 1 atom stereocenters. The summed E-state index contributed by atoms with van der Waals surface area (Å²) in [4.78, 5) is 16.8. The Bertz CT molecular complexity index is 752. The molecule has 0 radical (unpaired) electrons. The Kier molecular flexibility index (Phi) is 4.29. The summed E-state index contributed by atoms with van der Waals surface area (Å²) in [6.07, 6.45) is 2.97. The number of aromatic nitrogens is 2. The summed E-state index contributed by atoms with van der Waals surface area (Å²) in [6.45, 7) is 0. The smallest absolute Gasteiger partial charge is 0.318 e. The van der Waals surface area contributed by atoms with Crippen LogP contribution < -0.4 is 10.0 Å². The predicted molar refractivity (Wildman–Crippen MR) is 85.4 cm³/mol. The number of amides is 1. The summed E-state index contributed by atoms with van der Waals surface area (Å²) in [5, 5.41) is 14.6. The molecule has 1 amide bonds. The van der Waals surface area contributed by atoms with E-state index in [1.54, 1.807) is 18.3 Å². The highest BCUT2D eigenvalue weighted by Crippen LogP contribution is 2.20. The summed E-state index contributed by atoms with van der Waals surface area (Å²) in [6, 6.07) is 19.3. The van der Waals surface area contributed by atoms with E-state index in [0.717, 1.165) is 5.56 Å². The van der Waals surface area contributed by atoms with Gasteiger partial charge in [-0.3, -0.25) is 9.78 Å². The molecule has 2 heterocycles. The van der Waals surface area contributed by atoms with Crippen LogP contribution in [0.25, 0.3) is 0 Å². The number of nitrogens with one attached hydrogen (secondary N) is 1. The van der Waals surface area contributed by atoms with Crippen molar-refractivity contribution in [3.8, 4) is 0 Å². The zero-order chi connectivity index (χ0) is 16.1. The van der Waals surface area contributed by atoms with Crippen LogP contribution in [0.5, 0.6) is 0 Å². The third-order valence-corrected chi connectivity index (χ3v) is 3.45. The molecule has 5 heteroatoms. The van der Waals surface area contributed by atoms with Crippen molar-refractivity contribution in [3.63, 3.8) is 0 Å². The lowest BCUT2D eigenvalue weighted by Gasteiger charge is -2.18. The second-order valence-corrected chi connectivity index (χ2v) is 4.98. The minimum Gasteiger partial charge on any atom is -0.618 e. The van der Waals surface area contributed by atoms with E-state index in [1.807, 2.05) is 48.5 Å². The van der Waals surface area contributed by atoms with Gasteiger partial charge in [-0.25, -0.2) is 0 Å². The number of benzene rings is 1. The van der Waals surface area contributed by atoms with Crippen molar-refractivity contribution in [2.75, 3.05) is 0 Å². The lowest BCUT2D eigenvalue weighted by molar-refractivity contribution is -0.607. The molecule has 0 saturated carbocycles. The molecule has 1 N–H and O–H groups in total. The SMILES string of the molecule is O=C(N[C@H](c1ccccc1)c1ccccn1)c1cccc[n+]1[O-]. The number of hydrogen-bond donors (Lipinski definition) is 1. The molecule has 3 rings (SSSR count). The van der Waals surface area contributed by atoms with Gasteiger partial charge in [0.05, 0.1) is 11.7 Å². The number of rotatable bonds is 4. The molecular weight excluding hydrogens is 290 g/mol. The molecule has 3 aromatic rings. The fraction of sp³-hybridized carbons (Fsp3) is 0.0556. The summed E-state index contributed by atoms with van der Waals surface area (Å²) in [5.74, 6) is -0.444. The third kappa shape index (κ3) is 3.35. The van der Waals surface area contributed by atoms with Gasteiger partial charge in [-0.1, -0.05) is 36.4 Å². The van der Waals surface area contributed by atoms with E-state index in [2.05, 4.69) is 10.3 Å². The number of carbonyl (C=O) groups excluding carboxylic acids is 1. The van der Waals surface area contributed by atoms with Crippen molar-refractivity contribution in [2.24, 2.45) is 0 Å². The van der Waals surface area contributed by atoms with Gasteiger partial charge in [-0.15, -0.1) is 0 Å².